The number of ether oxygens (including phenoxy) is 1. The molecule has 2 aliphatic heterocycles. The van der Waals surface area contributed by atoms with E-state index in [0.717, 1.165) is 12.8 Å². The second kappa shape index (κ2) is 5.11. The number of hydrogen-bond donors (Lipinski definition) is 1. The van der Waals surface area contributed by atoms with Crippen molar-refractivity contribution in [1.29, 1.82) is 0 Å². The van der Waals surface area contributed by atoms with Gasteiger partial charge >= 0.3 is 6.09 Å². The third-order valence-corrected chi connectivity index (χ3v) is 4.12. The van der Waals surface area contributed by atoms with Crippen LogP contribution in [-0.4, -0.2) is 64.1 Å². The molecule has 0 bridgehead atoms. The molecule has 2 saturated heterocycles. The molecule has 3 rings (SSSR count). The van der Waals surface area contributed by atoms with Gasteiger partial charge in [0.25, 0.3) is 11.5 Å². The Labute approximate surface area is 127 Å². The molecule has 0 saturated carbocycles. The lowest BCUT2D eigenvalue weighted by Gasteiger charge is -2.38. The Kier molecular flexibility index (Phi) is 3.38. The van der Waals surface area contributed by atoms with Crippen LogP contribution in [-0.2, 0) is 4.74 Å². The van der Waals surface area contributed by atoms with E-state index in [0.29, 0.717) is 25.5 Å². The van der Waals surface area contributed by atoms with Crippen LogP contribution in [0.5, 0.6) is 0 Å². The molecule has 1 atom stereocenters. The second-order valence-electron chi connectivity index (χ2n) is 5.95. The molecule has 8 heteroatoms. The van der Waals surface area contributed by atoms with Gasteiger partial charge in [-0.2, -0.15) is 0 Å². The molecule has 1 N–H and O–H groups in total. The predicted octanol–water partition coefficient (Wildman–Crippen LogP) is 0.135. The molecule has 1 aromatic rings. The summed E-state index contributed by atoms with van der Waals surface area (Å²) in [4.78, 5) is 45.6. The third-order valence-electron chi connectivity index (χ3n) is 4.12. The summed E-state index contributed by atoms with van der Waals surface area (Å²) in [6, 6.07) is 0. The number of carbonyl (C=O) groups excluding carboxylic acids is 2. The topological polar surface area (TPSA) is 95.6 Å². The van der Waals surface area contributed by atoms with Crippen LogP contribution in [0, 0.1) is 6.92 Å². The van der Waals surface area contributed by atoms with E-state index in [4.69, 9.17) is 4.74 Å². The number of nitrogens with one attached hydrogen (secondary N) is 1. The normalized spacial score (nSPS) is 24.7. The zero-order valence-corrected chi connectivity index (χ0v) is 12.6. The van der Waals surface area contributed by atoms with Crippen LogP contribution in [0.3, 0.4) is 0 Å². The van der Waals surface area contributed by atoms with Crippen LogP contribution in [0.4, 0.5) is 4.79 Å². The molecule has 118 valence electrons. The van der Waals surface area contributed by atoms with Crippen molar-refractivity contribution < 1.29 is 14.3 Å². The minimum Gasteiger partial charge on any atom is -0.439 e. The summed E-state index contributed by atoms with van der Waals surface area (Å²) >= 11 is 0. The third kappa shape index (κ3) is 2.44. The fourth-order valence-corrected chi connectivity index (χ4v) is 3.08. The van der Waals surface area contributed by atoms with E-state index < -0.39 is 11.2 Å². The van der Waals surface area contributed by atoms with Gasteiger partial charge in [-0.05, 0) is 19.8 Å². The highest BCUT2D eigenvalue weighted by Gasteiger charge is 2.47. The number of likely N-dealkylation sites (tertiary alicyclic amines) is 1. The maximum absolute atomic E-state index is 12.5. The molecule has 2 amide bonds. The van der Waals surface area contributed by atoms with E-state index in [1.807, 2.05) is 0 Å². The van der Waals surface area contributed by atoms with Crippen molar-refractivity contribution in [3.63, 3.8) is 0 Å². The summed E-state index contributed by atoms with van der Waals surface area (Å²) < 4.78 is 5.46. The van der Waals surface area contributed by atoms with E-state index in [1.165, 1.54) is 11.1 Å². The lowest BCUT2D eigenvalue weighted by atomic mass is 9.92. The second-order valence-corrected chi connectivity index (χ2v) is 5.95. The molecule has 2 fully saturated rings. The van der Waals surface area contributed by atoms with Crippen molar-refractivity contribution in [3.8, 4) is 0 Å². The number of amides is 2. The lowest BCUT2D eigenvalue weighted by molar-refractivity contribution is -0.00529. The average Bonchev–Trinajstić information content (AvgIpc) is 2.72. The molecule has 0 radical (unpaired) electrons. The van der Waals surface area contributed by atoms with Gasteiger partial charge in [0, 0.05) is 19.8 Å². The van der Waals surface area contributed by atoms with Crippen LogP contribution < -0.4 is 5.56 Å². The van der Waals surface area contributed by atoms with Crippen LogP contribution >= 0.6 is 0 Å². The molecule has 22 heavy (non-hydrogen) atoms. The average molecular weight is 306 g/mol. The molecular weight excluding hydrogens is 288 g/mol. The Morgan fingerprint density at radius 3 is 2.82 bits per heavy atom. The van der Waals surface area contributed by atoms with Crippen LogP contribution in [0.15, 0.2) is 11.0 Å². The van der Waals surface area contributed by atoms with Crippen LogP contribution in [0.1, 0.15) is 29.0 Å². The maximum Gasteiger partial charge on any atom is 0.410 e. The summed E-state index contributed by atoms with van der Waals surface area (Å²) in [6.45, 7) is 2.95. The van der Waals surface area contributed by atoms with E-state index in [1.54, 1.807) is 18.9 Å². The van der Waals surface area contributed by atoms with Gasteiger partial charge in [-0.25, -0.2) is 9.78 Å². The zero-order chi connectivity index (χ0) is 15.9. The van der Waals surface area contributed by atoms with Crippen molar-refractivity contribution in [3.05, 3.63) is 27.9 Å². The number of hydrogen-bond acceptors (Lipinski definition) is 5. The van der Waals surface area contributed by atoms with Gasteiger partial charge in [0.1, 0.15) is 17.0 Å². The maximum atomic E-state index is 12.5. The van der Waals surface area contributed by atoms with E-state index in [9.17, 15) is 14.4 Å². The smallest absolute Gasteiger partial charge is 0.410 e. The molecule has 1 spiro atoms. The first-order chi connectivity index (χ1) is 10.4. The lowest BCUT2D eigenvalue weighted by Crippen LogP contribution is -2.53. The largest absolute Gasteiger partial charge is 0.439 e. The van der Waals surface area contributed by atoms with Gasteiger partial charge in [-0.1, -0.05) is 0 Å². The SMILES string of the molecule is Cc1ncc(C(=O)N2CCC[C@]3(CN(C)C(=O)O3)C2)c(=O)[nH]1. The number of nitrogens with zero attached hydrogens (tertiary/aromatic N) is 3. The Morgan fingerprint density at radius 1 is 1.41 bits per heavy atom. The number of aromatic nitrogens is 2. The molecule has 3 heterocycles. The first-order valence-corrected chi connectivity index (χ1v) is 7.19. The molecular formula is C14H18N4O4. The molecule has 0 aromatic carbocycles. The highest BCUT2D eigenvalue weighted by molar-refractivity contribution is 5.93. The highest BCUT2D eigenvalue weighted by Crippen LogP contribution is 2.31. The standard InChI is InChI=1S/C14H18N4O4/c1-9-15-6-10(11(19)16-9)12(20)18-5-3-4-14(8-18)7-17(2)13(21)22-14/h6H,3-5,7-8H2,1-2H3,(H,15,16,19)/t14-/m0/s1. The number of rotatable bonds is 1. The van der Waals surface area contributed by atoms with Crippen LogP contribution in [0.25, 0.3) is 0 Å². The van der Waals surface area contributed by atoms with Gasteiger partial charge in [0.05, 0.1) is 13.1 Å². The van der Waals surface area contributed by atoms with Crippen molar-refractivity contribution in [2.45, 2.75) is 25.4 Å². The number of H-pyrrole nitrogens is 1. The summed E-state index contributed by atoms with van der Waals surface area (Å²) in [5.41, 5.74) is -1.09. The van der Waals surface area contributed by atoms with Crippen LogP contribution in [0.2, 0.25) is 0 Å². The van der Waals surface area contributed by atoms with Gasteiger partial charge in [-0.3, -0.25) is 9.59 Å². The van der Waals surface area contributed by atoms with Gasteiger partial charge in [0.2, 0.25) is 0 Å². The minimum atomic E-state index is -0.662. The molecule has 0 unspecified atom stereocenters. The van der Waals surface area contributed by atoms with Crippen molar-refractivity contribution in [1.82, 2.24) is 19.8 Å². The van der Waals surface area contributed by atoms with Gasteiger partial charge in [-0.15, -0.1) is 0 Å². The Balaban J connectivity index is 1.82. The van der Waals surface area contributed by atoms with Gasteiger partial charge in [0.15, 0.2) is 0 Å². The summed E-state index contributed by atoms with van der Waals surface area (Å²) in [5.74, 6) is 0.0847. The van der Waals surface area contributed by atoms with E-state index in [-0.39, 0.29) is 17.6 Å². The number of likely N-dealkylation sites (N-methyl/N-ethyl adjacent to an activating group) is 1. The summed E-state index contributed by atoms with van der Waals surface area (Å²) in [5, 5.41) is 0. The highest BCUT2D eigenvalue weighted by atomic mass is 16.6. The number of carbonyl (C=O) groups is 2. The Bertz CT molecular complexity index is 686. The van der Waals surface area contributed by atoms with E-state index >= 15 is 0 Å². The molecule has 2 aliphatic rings. The monoisotopic (exact) mass is 306 g/mol. The van der Waals surface area contributed by atoms with Crippen molar-refractivity contribution in [2.24, 2.45) is 0 Å². The number of piperidine rings is 1. The quantitative estimate of drug-likeness (QED) is 0.796. The predicted molar refractivity (Wildman–Crippen MR) is 76.6 cm³/mol. The summed E-state index contributed by atoms with van der Waals surface area (Å²) in [7, 11) is 1.67. The first-order valence-electron chi connectivity index (χ1n) is 7.19. The van der Waals surface area contributed by atoms with Crippen molar-refractivity contribution >= 4 is 12.0 Å². The zero-order valence-electron chi connectivity index (χ0n) is 12.6. The summed E-state index contributed by atoms with van der Waals surface area (Å²) in [6.07, 6.45) is 2.37. The fourth-order valence-electron chi connectivity index (χ4n) is 3.08. The number of aryl methyl sites for hydroxylation is 1. The van der Waals surface area contributed by atoms with E-state index in [2.05, 4.69) is 9.97 Å². The Hall–Kier alpha value is -2.38. The Morgan fingerprint density at radius 2 is 2.18 bits per heavy atom. The van der Waals surface area contributed by atoms with Crippen molar-refractivity contribution in [2.75, 3.05) is 26.7 Å². The fraction of sp³-hybridized carbons (Fsp3) is 0.571. The molecule has 0 aliphatic carbocycles. The first kappa shape index (κ1) is 14.6. The molecule has 1 aromatic heterocycles. The number of aromatic amines is 1. The van der Waals surface area contributed by atoms with Gasteiger partial charge < -0.3 is 19.5 Å². The molecule has 8 nitrogen and oxygen atoms in total. The minimum absolute atomic E-state index is 0.0142.